The molecule has 1 aliphatic carbocycles. The van der Waals surface area contributed by atoms with Crippen LogP contribution in [0.2, 0.25) is 0 Å². The minimum atomic E-state index is -3.50. The SMILES string of the molecule is C#CC#CC#C.C#CC#CC#CC.C#CC#CC#CC#CC.C#CC#CC#CC#CC#C.C#CC#CC#CC#CC#CC.C#CC#CC#CC#CC#CC#CC.C#CC#CC#CC#CC#CC#CC#C.CC#CC#CC#CC.CC#CC#CC#CC#CC#CC.CCCCC(C1CCC2(CC1)OCCO2)S(=O)(=O)C=[N+]=[N-]. The zero-order valence-electron chi connectivity index (χ0n) is 62.3. The predicted octanol–water partition coefficient (Wildman–Crippen LogP) is 7.63. The number of ether oxygens (including phenoxy) is 2. The molecule has 0 bridgehead atoms. The van der Waals surface area contributed by atoms with Gasteiger partial charge in [0.05, 0.1) is 18.5 Å². The number of terminal acetylenes is 10. The van der Waals surface area contributed by atoms with Crippen molar-refractivity contribution in [1.82, 2.24) is 0 Å². The highest BCUT2D eigenvalue weighted by molar-refractivity contribution is 8.04. The molecule has 111 heavy (non-hydrogen) atoms. The van der Waals surface area contributed by atoms with Crippen LogP contribution in [0.5, 0.6) is 0 Å². The van der Waals surface area contributed by atoms with E-state index in [1.165, 1.54) is 0 Å². The Morgan fingerprint density at radius 2 is 0.477 bits per heavy atom. The molecule has 0 N–H and O–H groups in total. The average molecular weight is 1430 g/mol. The van der Waals surface area contributed by atoms with Gasteiger partial charge in [0.25, 0.3) is 0 Å². The van der Waals surface area contributed by atoms with E-state index in [1.54, 1.807) is 55.4 Å². The van der Waals surface area contributed by atoms with E-state index in [9.17, 15) is 8.42 Å². The van der Waals surface area contributed by atoms with Crippen molar-refractivity contribution in [2.75, 3.05) is 13.2 Å². The van der Waals surface area contributed by atoms with Gasteiger partial charge in [0.15, 0.2) is 5.79 Å². The van der Waals surface area contributed by atoms with Crippen LogP contribution in [0.1, 0.15) is 107 Å². The number of rotatable bonds is 6. The van der Waals surface area contributed by atoms with Gasteiger partial charge in [-0.3, -0.25) is 0 Å². The van der Waals surface area contributed by atoms with Gasteiger partial charge in [0.1, 0.15) is 0 Å². The Labute approximate surface area is 667 Å². The van der Waals surface area contributed by atoms with Crippen LogP contribution < -0.4 is 0 Å². The predicted molar refractivity (Wildman–Crippen MR) is 453 cm³/mol. The molecule has 0 aromatic carbocycles. The Hall–Kier alpha value is -18.8. The van der Waals surface area contributed by atoms with Gasteiger partial charge in [-0.1, -0.05) is 67.1 Å². The minimum absolute atomic E-state index is 0.0815. The van der Waals surface area contributed by atoms with Gasteiger partial charge in [-0.25, -0.2) is 8.42 Å². The second-order valence-corrected chi connectivity index (χ2v) is 18.1. The molecule has 0 aromatic rings. The van der Waals surface area contributed by atoms with E-state index >= 15 is 0 Å². The molecule has 2 rings (SSSR count). The third-order valence-electron chi connectivity index (χ3n) is 9.12. The van der Waals surface area contributed by atoms with Crippen molar-refractivity contribution >= 4 is 15.4 Å². The molecule has 6 nitrogen and oxygen atoms in total. The van der Waals surface area contributed by atoms with Crippen molar-refractivity contribution in [1.29, 1.82) is 0 Å². The molecule has 1 saturated heterocycles. The van der Waals surface area contributed by atoms with Crippen molar-refractivity contribution in [3.8, 4) is 491 Å². The van der Waals surface area contributed by atoms with Crippen LogP contribution in [-0.2, 0) is 19.3 Å². The Morgan fingerprint density at radius 1 is 0.315 bits per heavy atom. The molecule has 1 spiro atoms. The quantitative estimate of drug-likeness (QED) is 0.0901. The van der Waals surface area contributed by atoms with Crippen LogP contribution in [0.25, 0.3) is 5.53 Å². The van der Waals surface area contributed by atoms with Crippen molar-refractivity contribution in [2.24, 2.45) is 5.92 Å². The molecule has 2 fully saturated rings. The highest BCUT2D eigenvalue weighted by atomic mass is 32.2. The Morgan fingerprint density at radius 3 is 0.640 bits per heavy atom. The normalized spacial score (nSPS) is 7.41. The van der Waals surface area contributed by atoms with Gasteiger partial charge < -0.3 is 15.0 Å². The monoisotopic (exact) mass is 1430 g/mol. The lowest BCUT2D eigenvalue weighted by Crippen LogP contribution is -2.40. The van der Waals surface area contributed by atoms with Crippen LogP contribution in [0.4, 0.5) is 0 Å². The topological polar surface area (TPSA) is 89.0 Å². The molecule has 514 valence electrons. The van der Waals surface area contributed by atoms with Crippen molar-refractivity contribution < 1.29 is 22.7 Å². The summed E-state index contributed by atoms with van der Waals surface area (Å²) < 4.78 is 35.9. The maximum Gasteiger partial charge on any atom is 0.370 e. The fourth-order valence-corrected chi connectivity index (χ4v) is 7.03. The summed E-state index contributed by atoms with van der Waals surface area (Å²) in [5.74, 6) is 174. The summed E-state index contributed by atoms with van der Waals surface area (Å²) in [5, 5.41) is -0.466. The zero-order chi connectivity index (χ0) is 84.3. The summed E-state index contributed by atoms with van der Waals surface area (Å²) in [4.78, 5) is 2.74. The highest BCUT2D eigenvalue weighted by Gasteiger charge is 2.44. The van der Waals surface area contributed by atoms with Crippen LogP contribution in [0.3, 0.4) is 0 Å². The molecule has 1 aliphatic heterocycles. The fourth-order valence-electron chi connectivity index (χ4n) is 5.44. The average Bonchev–Trinajstić information content (AvgIpc) is 1.79. The molecule has 0 amide bonds. The van der Waals surface area contributed by atoms with E-state index in [-0.39, 0.29) is 5.92 Å². The molecule has 2 aliphatic rings. The number of nitrogens with zero attached hydrogens (tertiary/aromatic N) is 2. The Bertz CT molecular complexity index is 5900. The first-order valence-corrected chi connectivity index (χ1v) is 32.0. The summed E-state index contributed by atoms with van der Waals surface area (Å²) >= 11 is 0. The third kappa shape index (κ3) is 105. The van der Waals surface area contributed by atoms with Crippen molar-refractivity contribution in [3.63, 3.8) is 0 Å². The highest BCUT2D eigenvalue weighted by Crippen LogP contribution is 2.41. The van der Waals surface area contributed by atoms with Gasteiger partial charge in [-0.2, -0.15) is 4.79 Å². The molecular formula is C104H58N2O4S. The second kappa shape index (κ2) is 105. The Balaban J connectivity index is -0.000000181. The van der Waals surface area contributed by atoms with E-state index in [2.05, 4.69) is 431 Å². The lowest BCUT2D eigenvalue weighted by atomic mass is 9.82. The molecule has 0 radical (unpaired) electrons. The van der Waals surface area contributed by atoms with E-state index < -0.39 is 20.9 Å². The molecule has 7 heteroatoms. The number of sulfone groups is 1. The molecule has 1 heterocycles. The largest absolute Gasteiger partial charge is 0.370 e. The molecule has 1 atom stereocenters. The van der Waals surface area contributed by atoms with Gasteiger partial charge in [-0.05, 0) is 459 Å². The number of hydrogen-bond donors (Lipinski definition) is 0. The van der Waals surface area contributed by atoms with Crippen LogP contribution in [0.15, 0.2) is 0 Å². The van der Waals surface area contributed by atoms with Crippen LogP contribution >= 0.6 is 0 Å². The van der Waals surface area contributed by atoms with Crippen LogP contribution in [-0.4, -0.2) is 43.0 Å². The standard InChI is InChI=1S/C14H24N2O4S.C14H2.C13H4.C12H6.C11H4.C10H2.C9H4.C8H6.C7H4.C6H2/c1-2-3-4-13(21(17,18)11-16-15)12-5-7-14(8-6-12)19-9-10-20-14;1-3-5-7-9-11-13-14-12-10-8-6-4-2;1-3-5-7-9-11-13-12-10-8-6-4-2;1-3-5-7-9-11-12-10-8-6-4-2;1-3-5-7-9-11-10-8-6-4-2;1-3-5-7-9-10-8-6-4-2;1-3-5-7-9-8-6-4-2;1-3-5-7-8-6-4-2;1-3-5-7-6-4-2;1-3-5-6-4-2/h11-13H,2-10H2,1H3;1-2H;1H,2H3;1-2H3;1H,2H3;1-2H;1H,2H3;1-2H3;1H,2H3;1-2H. The smallest absolute Gasteiger partial charge is 0.361 e. The first-order valence-electron chi connectivity index (χ1n) is 30.4. The van der Waals surface area contributed by atoms with E-state index in [0.29, 0.717) is 25.2 Å². The summed E-state index contributed by atoms with van der Waals surface area (Å²) in [6, 6.07) is 0. The first-order chi connectivity index (χ1) is 54.3. The Kier molecular flexibility index (Phi) is 102. The fraction of sp³-hybridized carbons (Fsp3) is 0.202. The van der Waals surface area contributed by atoms with Gasteiger partial charge in [0, 0.05) is 12.8 Å². The van der Waals surface area contributed by atoms with Crippen LogP contribution in [0, 0.1) is 496 Å². The lowest BCUT2D eigenvalue weighted by Gasteiger charge is -2.37. The second-order valence-electron chi connectivity index (χ2n) is 16.1. The summed E-state index contributed by atoms with van der Waals surface area (Å²) in [7, 11) is -3.50. The minimum Gasteiger partial charge on any atom is -0.361 e. The summed E-state index contributed by atoms with van der Waals surface area (Å²) in [6.45, 7) is 17.1. The molecular weight excluding hydrogens is 1370 g/mol. The van der Waals surface area contributed by atoms with Gasteiger partial charge in [-0.15, -0.1) is 64.2 Å². The molecule has 0 aromatic heterocycles. The van der Waals surface area contributed by atoms with Gasteiger partial charge >= 0.3 is 5.55 Å². The first kappa shape index (κ1) is 108. The van der Waals surface area contributed by atoms with E-state index in [4.69, 9.17) is 79.2 Å². The number of hydrogen-bond acceptors (Lipinski definition) is 4. The number of unbranched alkanes of at least 4 members (excludes halogenated alkanes) is 1. The van der Waals surface area contributed by atoms with Crippen molar-refractivity contribution in [3.05, 3.63) is 5.53 Å². The van der Waals surface area contributed by atoms with E-state index in [0.717, 1.165) is 38.5 Å². The van der Waals surface area contributed by atoms with Gasteiger partial charge in [0.2, 0.25) is 9.84 Å². The summed E-state index contributed by atoms with van der Waals surface area (Å²) in [5.41, 5.74) is 9.29. The maximum absolute atomic E-state index is 12.3. The van der Waals surface area contributed by atoms with Crippen molar-refractivity contribution in [2.45, 2.75) is 118 Å². The summed E-state index contributed by atoms with van der Waals surface area (Å²) in [6.07, 6.45) is 53.5. The molecule has 1 saturated carbocycles. The molecule has 1 unspecified atom stereocenters. The third-order valence-corrected chi connectivity index (χ3v) is 11.0. The van der Waals surface area contributed by atoms with E-state index in [1.807, 2.05) is 6.92 Å². The lowest BCUT2D eigenvalue weighted by molar-refractivity contribution is -0.182. The zero-order valence-corrected chi connectivity index (χ0v) is 63.1. The maximum atomic E-state index is 12.3.